The predicted octanol–water partition coefficient (Wildman–Crippen LogP) is 2.69. The van der Waals surface area contributed by atoms with Crippen LogP contribution in [0.1, 0.15) is 36.2 Å². The molecule has 1 aliphatic rings. The molecule has 3 rings (SSSR count). The number of nitrogens with zero attached hydrogens (tertiary/aromatic N) is 2. The maximum Gasteiger partial charge on any atom is 0.357 e. The molecule has 0 aliphatic carbocycles. The van der Waals surface area contributed by atoms with Crippen molar-refractivity contribution < 1.29 is 14.6 Å². The number of benzene rings is 1. The number of aryl methyl sites for hydroxylation is 1. The standard InChI is InChI=1S/C15H18N2O3/c18-15(19)14-12-7-1-2-8-13(12)17(16-14)9-3-5-11-6-4-10-20-11/h1-2,7-8,11H,3-6,9-10H2,(H,18,19). The minimum Gasteiger partial charge on any atom is -0.476 e. The summed E-state index contributed by atoms with van der Waals surface area (Å²) < 4.78 is 7.40. The van der Waals surface area contributed by atoms with Gasteiger partial charge < -0.3 is 9.84 Å². The maximum atomic E-state index is 11.2. The van der Waals surface area contributed by atoms with Crippen LogP contribution in [0.25, 0.3) is 10.9 Å². The lowest BCUT2D eigenvalue weighted by Gasteiger charge is -2.09. The van der Waals surface area contributed by atoms with Crippen LogP contribution in [0, 0.1) is 0 Å². The number of carboxylic acid groups (broad SMARTS) is 1. The van der Waals surface area contributed by atoms with Crippen LogP contribution in [0.3, 0.4) is 0 Å². The van der Waals surface area contributed by atoms with Gasteiger partial charge in [0.15, 0.2) is 5.69 Å². The monoisotopic (exact) mass is 274 g/mol. The van der Waals surface area contributed by atoms with Crippen LogP contribution in [-0.4, -0.2) is 33.6 Å². The lowest BCUT2D eigenvalue weighted by molar-refractivity contribution is 0.0691. The first-order valence-electron chi connectivity index (χ1n) is 7.06. The molecular formula is C15H18N2O3. The Kier molecular flexibility index (Phi) is 3.69. The van der Waals surface area contributed by atoms with E-state index in [9.17, 15) is 9.90 Å². The highest BCUT2D eigenvalue weighted by atomic mass is 16.5. The van der Waals surface area contributed by atoms with Crippen molar-refractivity contribution in [2.45, 2.75) is 38.3 Å². The Morgan fingerprint density at radius 3 is 3.05 bits per heavy atom. The SMILES string of the molecule is O=C(O)c1nn(CCCC2CCCO2)c2ccccc12. The molecule has 0 bridgehead atoms. The van der Waals surface area contributed by atoms with Crippen LogP contribution in [0.5, 0.6) is 0 Å². The first kappa shape index (κ1) is 13.1. The first-order chi connectivity index (χ1) is 9.75. The van der Waals surface area contributed by atoms with Crippen LogP contribution in [0.4, 0.5) is 0 Å². The Labute approximate surface area is 117 Å². The van der Waals surface area contributed by atoms with Gasteiger partial charge in [0.2, 0.25) is 0 Å². The highest BCUT2D eigenvalue weighted by molar-refractivity contribution is 6.01. The molecule has 1 aromatic heterocycles. The Morgan fingerprint density at radius 1 is 1.45 bits per heavy atom. The van der Waals surface area contributed by atoms with E-state index in [0.717, 1.165) is 44.4 Å². The highest BCUT2D eigenvalue weighted by Crippen LogP contribution is 2.21. The molecule has 0 amide bonds. The molecule has 1 fully saturated rings. The number of para-hydroxylation sites is 1. The number of aromatic nitrogens is 2. The van der Waals surface area contributed by atoms with Gasteiger partial charge in [-0.25, -0.2) is 4.79 Å². The summed E-state index contributed by atoms with van der Waals surface area (Å²) in [5, 5.41) is 14.1. The molecule has 1 saturated heterocycles. The lowest BCUT2D eigenvalue weighted by Crippen LogP contribution is -2.08. The summed E-state index contributed by atoms with van der Waals surface area (Å²) in [5.74, 6) is -0.973. The van der Waals surface area contributed by atoms with Crippen molar-refractivity contribution >= 4 is 16.9 Å². The molecule has 2 aromatic rings. The van der Waals surface area contributed by atoms with Crippen molar-refractivity contribution in [1.29, 1.82) is 0 Å². The van der Waals surface area contributed by atoms with Crippen LogP contribution in [0.2, 0.25) is 0 Å². The van der Waals surface area contributed by atoms with Gasteiger partial charge in [-0.05, 0) is 31.7 Å². The molecule has 1 aliphatic heterocycles. The van der Waals surface area contributed by atoms with Crippen molar-refractivity contribution in [2.75, 3.05) is 6.61 Å². The zero-order valence-corrected chi connectivity index (χ0v) is 11.3. The van der Waals surface area contributed by atoms with E-state index in [0.29, 0.717) is 11.5 Å². The molecule has 5 heteroatoms. The van der Waals surface area contributed by atoms with E-state index in [2.05, 4.69) is 5.10 Å². The van der Waals surface area contributed by atoms with E-state index in [1.54, 1.807) is 4.68 Å². The van der Waals surface area contributed by atoms with Gasteiger partial charge in [0.1, 0.15) is 0 Å². The molecule has 2 heterocycles. The molecule has 106 valence electrons. The van der Waals surface area contributed by atoms with Crippen molar-refractivity contribution in [3.8, 4) is 0 Å². The number of aromatic carboxylic acids is 1. The molecule has 0 saturated carbocycles. The minimum absolute atomic E-state index is 0.137. The van der Waals surface area contributed by atoms with E-state index < -0.39 is 5.97 Å². The van der Waals surface area contributed by atoms with E-state index in [1.165, 1.54) is 0 Å². The highest BCUT2D eigenvalue weighted by Gasteiger charge is 2.17. The summed E-state index contributed by atoms with van der Waals surface area (Å²) in [6, 6.07) is 7.47. The van der Waals surface area contributed by atoms with Crippen LogP contribution < -0.4 is 0 Å². The van der Waals surface area contributed by atoms with Gasteiger partial charge >= 0.3 is 5.97 Å². The fourth-order valence-electron chi connectivity index (χ4n) is 2.80. The smallest absolute Gasteiger partial charge is 0.357 e. The molecule has 1 aromatic carbocycles. The molecule has 5 nitrogen and oxygen atoms in total. The van der Waals surface area contributed by atoms with Gasteiger partial charge in [-0.2, -0.15) is 5.10 Å². The molecular weight excluding hydrogens is 256 g/mol. The average molecular weight is 274 g/mol. The minimum atomic E-state index is -0.973. The normalized spacial score (nSPS) is 18.7. The van der Waals surface area contributed by atoms with E-state index in [1.807, 2.05) is 24.3 Å². The van der Waals surface area contributed by atoms with Crippen molar-refractivity contribution in [2.24, 2.45) is 0 Å². The first-order valence-corrected chi connectivity index (χ1v) is 7.06. The quantitative estimate of drug-likeness (QED) is 0.910. The lowest BCUT2D eigenvalue weighted by atomic mass is 10.1. The Morgan fingerprint density at radius 2 is 2.30 bits per heavy atom. The largest absolute Gasteiger partial charge is 0.476 e. The molecule has 20 heavy (non-hydrogen) atoms. The molecule has 0 radical (unpaired) electrons. The van der Waals surface area contributed by atoms with Crippen LogP contribution in [-0.2, 0) is 11.3 Å². The summed E-state index contributed by atoms with van der Waals surface area (Å²) in [4.78, 5) is 11.2. The Balaban J connectivity index is 1.75. The molecule has 1 unspecified atom stereocenters. The molecule has 1 atom stereocenters. The van der Waals surface area contributed by atoms with Gasteiger partial charge in [-0.3, -0.25) is 4.68 Å². The summed E-state index contributed by atoms with van der Waals surface area (Å²) in [5.41, 5.74) is 1.02. The summed E-state index contributed by atoms with van der Waals surface area (Å²) in [6.07, 6.45) is 4.63. The Bertz CT molecular complexity index is 615. The second-order valence-electron chi connectivity index (χ2n) is 5.17. The number of carbonyl (C=O) groups is 1. The predicted molar refractivity (Wildman–Crippen MR) is 74.9 cm³/mol. The second kappa shape index (κ2) is 5.63. The second-order valence-corrected chi connectivity index (χ2v) is 5.17. The van der Waals surface area contributed by atoms with Crippen molar-refractivity contribution in [3.05, 3.63) is 30.0 Å². The van der Waals surface area contributed by atoms with Crippen LogP contribution in [0.15, 0.2) is 24.3 Å². The van der Waals surface area contributed by atoms with E-state index in [4.69, 9.17) is 4.74 Å². The number of rotatable bonds is 5. The van der Waals surface area contributed by atoms with Gasteiger partial charge in [-0.1, -0.05) is 18.2 Å². The number of fused-ring (bicyclic) bond motifs is 1. The number of carboxylic acids is 1. The van der Waals surface area contributed by atoms with Gasteiger partial charge in [0, 0.05) is 18.5 Å². The van der Waals surface area contributed by atoms with E-state index in [-0.39, 0.29) is 5.69 Å². The zero-order valence-electron chi connectivity index (χ0n) is 11.3. The third-order valence-corrected chi connectivity index (χ3v) is 3.78. The van der Waals surface area contributed by atoms with Crippen LogP contribution >= 0.6 is 0 Å². The molecule has 0 spiro atoms. The third kappa shape index (κ3) is 2.54. The average Bonchev–Trinajstić information content (AvgIpc) is 3.07. The maximum absolute atomic E-state index is 11.2. The fourth-order valence-corrected chi connectivity index (χ4v) is 2.80. The van der Waals surface area contributed by atoms with Crippen molar-refractivity contribution in [1.82, 2.24) is 9.78 Å². The van der Waals surface area contributed by atoms with E-state index >= 15 is 0 Å². The van der Waals surface area contributed by atoms with Gasteiger partial charge in [0.05, 0.1) is 11.6 Å². The third-order valence-electron chi connectivity index (χ3n) is 3.78. The number of ether oxygens (including phenoxy) is 1. The number of hydrogen-bond donors (Lipinski definition) is 1. The fraction of sp³-hybridized carbons (Fsp3) is 0.467. The number of hydrogen-bond acceptors (Lipinski definition) is 3. The summed E-state index contributed by atoms with van der Waals surface area (Å²) in [7, 11) is 0. The summed E-state index contributed by atoms with van der Waals surface area (Å²) in [6.45, 7) is 1.60. The van der Waals surface area contributed by atoms with Gasteiger partial charge in [-0.15, -0.1) is 0 Å². The zero-order chi connectivity index (χ0) is 13.9. The Hall–Kier alpha value is -1.88. The van der Waals surface area contributed by atoms with Gasteiger partial charge in [0.25, 0.3) is 0 Å². The van der Waals surface area contributed by atoms with Crippen molar-refractivity contribution in [3.63, 3.8) is 0 Å². The summed E-state index contributed by atoms with van der Waals surface area (Å²) >= 11 is 0. The topological polar surface area (TPSA) is 64.3 Å². The molecule has 1 N–H and O–H groups in total.